The molecular formula is C18H20F2N4O. The van der Waals surface area contributed by atoms with Crippen molar-refractivity contribution in [3.8, 4) is 0 Å². The summed E-state index contributed by atoms with van der Waals surface area (Å²) in [5.74, 6) is -0.670. The summed E-state index contributed by atoms with van der Waals surface area (Å²) >= 11 is 0. The van der Waals surface area contributed by atoms with Crippen LogP contribution in [0.5, 0.6) is 0 Å². The van der Waals surface area contributed by atoms with Crippen molar-refractivity contribution in [1.82, 2.24) is 9.97 Å². The number of benzene rings is 1. The standard InChI is InChI=1S/C18H20F2N4O/c1-11-5-4-8-24(10-11)16-9-15(21-12(2)22-16)18(25)23-17-13(19)6-3-7-14(17)20/h3,6-7,9,11H,4-5,8,10H2,1-2H3,(H,23,25). The monoisotopic (exact) mass is 346 g/mol. The molecule has 132 valence electrons. The van der Waals surface area contributed by atoms with Gasteiger partial charge in [-0.2, -0.15) is 0 Å². The summed E-state index contributed by atoms with van der Waals surface area (Å²) < 4.78 is 27.4. The second kappa shape index (κ2) is 7.13. The van der Waals surface area contributed by atoms with Crippen molar-refractivity contribution in [3.63, 3.8) is 0 Å². The number of nitrogens with zero attached hydrogens (tertiary/aromatic N) is 3. The van der Waals surface area contributed by atoms with Crippen molar-refractivity contribution >= 4 is 17.4 Å². The number of hydrogen-bond acceptors (Lipinski definition) is 4. The van der Waals surface area contributed by atoms with Crippen molar-refractivity contribution in [2.24, 2.45) is 5.92 Å². The van der Waals surface area contributed by atoms with Gasteiger partial charge in [0, 0.05) is 19.2 Å². The fourth-order valence-corrected chi connectivity index (χ4v) is 3.02. The molecule has 1 aromatic heterocycles. The van der Waals surface area contributed by atoms with Gasteiger partial charge in [0.1, 0.15) is 34.7 Å². The van der Waals surface area contributed by atoms with E-state index in [2.05, 4.69) is 27.1 Å². The minimum Gasteiger partial charge on any atom is -0.356 e. The highest BCUT2D eigenvalue weighted by atomic mass is 19.1. The first kappa shape index (κ1) is 17.3. The number of carbonyl (C=O) groups is 1. The molecule has 2 aromatic rings. The molecule has 1 fully saturated rings. The smallest absolute Gasteiger partial charge is 0.274 e. The normalized spacial score (nSPS) is 17.4. The van der Waals surface area contributed by atoms with Crippen LogP contribution in [0.15, 0.2) is 24.3 Å². The summed E-state index contributed by atoms with van der Waals surface area (Å²) in [5, 5.41) is 2.26. The third kappa shape index (κ3) is 3.92. The van der Waals surface area contributed by atoms with Crippen molar-refractivity contribution in [2.75, 3.05) is 23.3 Å². The average Bonchev–Trinajstić information content (AvgIpc) is 2.57. The van der Waals surface area contributed by atoms with Gasteiger partial charge in [0.15, 0.2) is 0 Å². The third-order valence-electron chi connectivity index (χ3n) is 4.24. The van der Waals surface area contributed by atoms with Crippen molar-refractivity contribution in [1.29, 1.82) is 0 Å². The average molecular weight is 346 g/mol. The van der Waals surface area contributed by atoms with Crippen LogP contribution in [0.4, 0.5) is 20.3 Å². The zero-order valence-electron chi connectivity index (χ0n) is 14.2. The van der Waals surface area contributed by atoms with Gasteiger partial charge in [-0.1, -0.05) is 13.0 Å². The molecule has 1 N–H and O–H groups in total. The highest BCUT2D eigenvalue weighted by Gasteiger charge is 2.21. The largest absolute Gasteiger partial charge is 0.356 e. The maximum Gasteiger partial charge on any atom is 0.274 e. The number of nitrogens with one attached hydrogen (secondary N) is 1. The molecular weight excluding hydrogens is 326 g/mol. The second-order valence-corrected chi connectivity index (χ2v) is 6.40. The van der Waals surface area contributed by atoms with Crippen LogP contribution in [-0.2, 0) is 0 Å². The highest BCUT2D eigenvalue weighted by Crippen LogP contribution is 2.23. The Morgan fingerprint density at radius 1 is 1.28 bits per heavy atom. The van der Waals surface area contributed by atoms with Crippen LogP contribution in [0.2, 0.25) is 0 Å². The lowest BCUT2D eigenvalue weighted by atomic mass is 10.0. The minimum atomic E-state index is -0.829. The number of carbonyl (C=O) groups excluding carboxylic acids is 1. The molecule has 1 atom stereocenters. The van der Waals surface area contributed by atoms with Crippen LogP contribution in [-0.4, -0.2) is 29.0 Å². The van der Waals surface area contributed by atoms with Crippen LogP contribution >= 0.6 is 0 Å². The molecule has 0 radical (unpaired) electrons. The second-order valence-electron chi connectivity index (χ2n) is 6.40. The van der Waals surface area contributed by atoms with Crippen molar-refractivity contribution in [3.05, 3.63) is 47.4 Å². The highest BCUT2D eigenvalue weighted by molar-refractivity contribution is 6.03. The molecule has 0 spiro atoms. The van der Waals surface area contributed by atoms with Crippen LogP contribution in [0.25, 0.3) is 0 Å². The molecule has 3 rings (SSSR count). The number of aromatic nitrogens is 2. The van der Waals surface area contributed by atoms with E-state index in [0.29, 0.717) is 17.6 Å². The van der Waals surface area contributed by atoms with E-state index in [1.807, 2.05) is 0 Å². The molecule has 1 amide bonds. The summed E-state index contributed by atoms with van der Waals surface area (Å²) in [7, 11) is 0. The van der Waals surface area contributed by atoms with E-state index in [1.54, 1.807) is 13.0 Å². The SMILES string of the molecule is Cc1nc(C(=O)Nc2c(F)cccc2F)cc(N2CCCC(C)C2)n1. The van der Waals surface area contributed by atoms with Gasteiger partial charge in [0.05, 0.1) is 0 Å². The Hall–Kier alpha value is -2.57. The Balaban J connectivity index is 1.85. The van der Waals surface area contributed by atoms with Gasteiger partial charge in [0.25, 0.3) is 5.91 Å². The third-order valence-corrected chi connectivity index (χ3v) is 4.24. The first-order valence-corrected chi connectivity index (χ1v) is 8.30. The van der Waals surface area contributed by atoms with Gasteiger partial charge in [-0.15, -0.1) is 0 Å². The summed E-state index contributed by atoms with van der Waals surface area (Å²) in [6.07, 6.45) is 2.23. The number of halogens is 2. The Kier molecular flexibility index (Phi) is 4.92. The lowest BCUT2D eigenvalue weighted by molar-refractivity contribution is 0.102. The van der Waals surface area contributed by atoms with E-state index in [-0.39, 0.29) is 5.69 Å². The summed E-state index contributed by atoms with van der Waals surface area (Å²) in [6, 6.07) is 4.98. The number of aryl methyl sites for hydroxylation is 1. The van der Waals surface area contributed by atoms with E-state index in [0.717, 1.165) is 31.6 Å². The maximum atomic E-state index is 13.7. The number of amides is 1. The summed E-state index contributed by atoms with van der Waals surface area (Å²) in [6.45, 7) is 5.59. The van der Waals surface area contributed by atoms with Gasteiger partial charge in [0.2, 0.25) is 0 Å². The minimum absolute atomic E-state index is 0.0865. The quantitative estimate of drug-likeness (QED) is 0.923. The molecule has 1 aromatic carbocycles. The van der Waals surface area contributed by atoms with Gasteiger partial charge >= 0.3 is 0 Å². The number of anilines is 2. The summed E-state index contributed by atoms with van der Waals surface area (Å²) in [4.78, 5) is 23.0. The number of rotatable bonds is 3. The Bertz CT molecular complexity index is 776. The molecule has 2 heterocycles. The molecule has 1 aliphatic rings. The number of piperidine rings is 1. The Morgan fingerprint density at radius 2 is 2.00 bits per heavy atom. The molecule has 7 heteroatoms. The zero-order valence-corrected chi connectivity index (χ0v) is 14.2. The molecule has 5 nitrogen and oxygen atoms in total. The molecule has 1 unspecified atom stereocenters. The predicted octanol–water partition coefficient (Wildman–Crippen LogP) is 3.55. The maximum absolute atomic E-state index is 13.7. The molecule has 0 bridgehead atoms. The van der Waals surface area contributed by atoms with E-state index < -0.39 is 23.2 Å². The van der Waals surface area contributed by atoms with Gasteiger partial charge < -0.3 is 10.2 Å². The zero-order chi connectivity index (χ0) is 18.0. The molecule has 1 saturated heterocycles. The molecule has 0 aliphatic carbocycles. The van der Waals surface area contributed by atoms with Crippen molar-refractivity contribution < 1.29 is 13.6 Å². The molecule has 1 aliphatic heterocycles. The van der Waals surface area contributed by atoms with Crippen molar-refractivity contribution in [2.45, 2.75) is 26.7 Å². The predicted molar refractivity (Wildman–Crippen MR) is 91.7 cm³/mol. The number of para-hydroxylation sites is 1. The van der Waals surface area contributed by atoms with Crippen LogP contribution in [0.1, 0.15) is 36.1 Å². The van der Waals surface area contributed by atoms with E-state index in [4.69, 9.17) is 0 Å². The fraction of sp³-hybridized carbons (Fsp3) is 0.389. The van der Waals surface area contributed by atoms with Crippen LogP contribution < -0.4 is 10.2 Å². The first-order valence-electron chi connectivity index (χ1n) is 8.30. The van der Waals surface area contributed by atoms with Gasteiger partial charge in [-0.3, -0.25) is 4.79 Å². The Morgan fingerprint density at radius 3 is 2.68 bits per heavy atom. The van der Waals surface area contributed by atoms with Crippen LogP contribution in [0.3, 0.4) is 0 Å². The Labute approximate surface area is 145 Å². The van der Waals surface area contributed by atoms with Gasteiger partial charge in [-0.25, -0.2) is 18.7 Å². The fourth-order valence-electron chi connectivity index (χ4n) is 3.02. The van der Waals surface area contributed by atoms with Gasteiger partial charge in [-0.05, 0) is 37.8 Å². The van der Waals surface area contributed by atoms with Crippen LogP contribution in [0, 0.1) is 24.5 Å². The van der Waals surface area contributed by atoms with E-state index in [9.17, 15) is 13.6 Å². The first-order chi connectivity index (χ1) is 11.9. The lowest BCUT2D eigenvalue weighted by Crippen LogP contribution is -2.35. The summed E-state index contributed by atoms with van der Waals surface area (Å²) in [5.41, 5.74) is -0.389. The molecule has 0 saturated carbocycles. The lowest BCUT2D eigenvalue weighted by Gasteiger charge is -2.32. The number of hydrogen-bond donors (Lipinski definition) is 1. The van der Waals surface area contributed by atoms with E-state index >= 15 is 0 Å². The van der Waals surface area contributed by atoms with E-state index in [1.165, 1.54) is 12.5 Å². The topological polar surface area (TPSA) is 58.1 Å². The molecule has 25 heavy (non-hydrogen) atoms.